The molecule has 0 aliphatic heterocycles. The lowest BCUT2D eigenvalue weighted by atomic mass is 10.2. The minimum atomic E-state index is -4.58. The Hall–Kier alpha value is -2.57. The molecule has 174 valence electrons. The van der Waals surface area contributed by atoms with Crippen molar-refractivity contribution in [1.29, 1.82) is 0 Å². The van der Waals surface area contributed by atoms with Gasteiger partial charge in [0, 0.05) is 24.0 Å². The molecular formula is C19H12Cl3F3N4O4. The molecular weight excluding hydrogens is 512 g/mol. The van der Waals surface area contributed by atoms with Crippen LogP contribution < -0.4 is 4.74 Å². The van der Waals surface area contributed by atoms with Gasteiger partial charge in [0.25, 0.3) is 5.89 Å². The van der Waals surface area contributed by atoms with E-state index in [4.69, 9.17) is 49.2 Å². The second kappa shape index (κ2) is 8.99. The molecule has 0 radical (unpaired) electrons. The Balaban J connectivity index is 1.65. The average molecular weight is 524 g/mol. The fourth-order valence-corrected chi connectivity index (χ4v) is 3.51. The molecule has 3 aromatic heterocycles. The summed E-state index contributed by atoms with van der Waals surface area (Å²) >= 11 is 18.4. The van der Waals surface area contributed by atoms with E-state index in [0.717, 1.165) is 16.7 Å². The van der Waals surface area contributed by atoms with E-state index in [1.807, 2.05) is 0 Å². The fourth-order valence-electron chi connectivity index (χ4n) is 2.80. The Morgan fingerprint density at radius 2 is 1.82 bits per heavy atom. The molecule has 0 aliphatic rings. The van der Waals surface area contributed by atoms with E-state index in [1.165, 1.54) is 18.3 Å². The summed E-state index contributed by atoms with van der Waals surface area (Å²) in [4.78, 5) is 8.35. The van der Waals surface area contributed by atoms with Gasteiger partial charge in [-0.3, -0.25) is 0 Å². The van der Waals surface area contributed by atoms with E-state index in [1.54, 1.807) is 0 Å². The maximum Gasteiger partial charge on any atom is 0.417 e. The summed E-state index contributed by atoms with van der Waals surface area (Å²) in [6.07, 6.45) is -3.56. The van der Waals surface area contributed by atoms with Crippen LogP contribution in [0.1, 0.15) is 5.56 Å². The molecule has 33 heavy (non-hydrogen) atoms. The molecule has 1 aromatic carbocycles. The van der Waals surface area contributed by atoms with Crippen LogP contribution in [0.4, 0.5) is 13.2 Å². The fraction of sp³-hybridized carbons (Fsp3) is 0.211. The van der Waals surface area contributed by atoms with Gasteiger partial charge in [-0.2, -0.15) is 18.2 Å². The maximum atomic E-state index is 13.0. The van der Waals surface area contributed by atoms with Crippen molar-refractivity contribution in [2.24, 2.45) is 0 Å². The monoisotopic (exact) mass is 522 g/mol. The number of alkyl halides is 3. The molecule has 0 amide bonds. The minimum absolute atomic E-state index is 0.0398. The molecule has 4 rings (SSSR count). The predicted molar refractivity (Wildman–Crippen MR) is 113 cm³/mol. The summed E-state index contributed by atoms with van der Waals surface area (Å²) in [5, 5.41) is 22.1. The summed E-state index contributed by atoms with van der Waals surface area (Å²) < 4.78 is 50.7. The number of imidazole rings is 1. The lowest BCUT2D eigenvalue weighted by Crippen LogP contribution is -2.21. The Bertz CT molecular complexity index is 1330. The number of rotatable bonds is 6. The first-order chi connectivity index (χ1) is 15.6. The van der Waals surface area contributed by atoms with E-state index in [0.29, 0.717) is 0 Å². The summed E-state index contributed by atoms with van der Waals surface area (Å²) in [5.74, 6) is 0.118. The van der Waals surface area contributed by atoms with Crippen LogP contribution in [0, 0.1) is 0 Å². The minimum Gasteiger partial charge on any atom is -0.489 e. The van der Waals surface area contributed by atoms with Gasteiger partial charge in [-0.1, -0.05) is 40.0 Å². The van der Waals surface area contributed by atoms with Crippen LogP contribution >= 0.6 is 34.8 Å². The first-order valence-electron chi connectivity index (χ1n) is 9.07. The Kier molecular flexibility index (Phi) is 6.43. The Morgan fingerprint density at radius 3 is 2.52 bits per heavy atom. The highest BCUT2D eigenvalue weighted by atomic mass is 35.5. The summed E-state index contributed by atoms with van der Waals surface area (Å²) in [5.41, 5.74) is -0.486. The van der Waals surface area contributed by atoms with Gasteiger partial charge in [-0.25, -0.2) is 4.98 Å². The molecule has 0 aliphatic carbocycles. The highest BCUT2D eigenvalue weighted by molar-refractivity contribution is 6.36. The van der Waals surface area contributed by atoms with Gasteiger partial charge >= 0.3 is 6.18 Å². The predicted octanol–water partition coefficient (Wildman–Crippen LogP) is 4.76. The number of aliphatic hydroxyl groups is 2. The molecule has 14 heteroatoms. The quantitative estimate of drug-likeness (QED) is 0.375. The van der Waals surface area contributed by atoms with Crippen molar-refractivity contribution in [3.8, 4) is 28.7 Å². The normalized spacial score (nSPS) is 13.0. The van der Waals surface area contributed by atoms with E-state index in [2.05, 4.69) is 15.1 Å². The molecule has 0 fully saturated rings. The number of fused-ring (bicyclic) bond motifs is 1. The molecule has 0 spiro atoms. The third-order valence-corrected chi connectivity index (χ3v) is 5.27. The number of benzene rings is 1. The first-order valence-corrected chi connectivity index (χ1v) is 10.2. The van der Waals surface area contributed by atoms with Gasteiger partial charge in [0.2, 0.25) is 5.82 Å². The maximum absolute atomic E-state index is 13.0. The van der Waals surface area contributed by atoms with Crippen molar-refractivity contribution in [2.45, 2.75) is 12.3 Å². The number of ether oxygens (including phenoxy) is 1. The van der Waals surface area contributed by atoms with E-state index >= 15 is 0 Å². The van der Waals surface area contributed by atoms with Crippen molar-refractivity contribution in [3.05, 3.63) is 51.2 Å². The van der Waals surface area contributed by atoms with Gasteiger partial charge in [0.05, 0.1) is 27.2 Å². The van der Waals surface area contributed by atoms with Crippen LogP contribution in [0.5, 0.6) is 5.75 Å². The van der Waals surface area contributed by atoms with Crippen molar-refractivity contribution >= 4 is 40.4 Å². The molecule has 0 bridgehead atoms. The third-order valence-electron chi connectivity index (χ3n) is 4.38. The van der Waals surface area contributed by atoms with Crippen LogP contribution in [0.25, 0.3) is 28.6 Å². The summed E-state index contributed by atoms with van der Waals surface area (Å²) in [6, 6.07) is 3.57. The molecule has 0 unspecified atom stereocenters. The number of aromatic nitrogens is 4. The molecule has 1 atom stereocenters. The molecule has 0 saturated heterocycles. The highest BCUT2D eigenvalue weighted by Crippen LogP contribution is 2.37. The van der Waals surface area contributed by atoms with Crippen LogP contribution in [0.2, 0.25) is 15.1 Å². The third kappa shape index (κ3) is 4.87. The van der Waals surface area contributed by atoms with Crippen LogP contribution in [0.15, 0.2) is 35.1 Å². The van der Waals surface area contributed by atoms with Crippen molar-refractivity contribution < 1.29 is 32.6 Å². The lowest BCUT2D eigenvalue weighted by molar-refractivity contribution is -0.137. The first kappa shape index (κ1) is 23.6. The van der Waals surface area contributed by atoms with E-state index in [9.17, 15) is 18.3 Å². The molecule has 3 heterocycles. The zero-order chi connectivity index (χ0) is 23.9. The highest BCUT2D eigenvalue weighted by Gasteiger charge is 2.32. The van der Waals surface area contributed by atoms with Crippen molar-refractivity contribution in [1.82, 2.24) is 19.5 Å². The smallest absolute Gasteiger partial charge is 0.417 e. The number of aliphatic hydroxyl groups excluding tert-OH is 2. The molecule has 0 saturated carbocycles. The SMILES string of the molecule is OC[C@@H](O)COc1cc(Cl)c(-c2noc(-c3cn4cc(C(F)(F)F)cc(Cl)c4n3)n2)cc1Cl. The van der Waals surface area contributed by atoms with Gasteiger partial charge in [-0.15, -0.1) is 0 Å². The van der Waals surface area contributed by atoms with Gasteiger partial charge < -0.3 is 23.9 Å². The summed E-state index contributed by atoms with van der Waals surface area (Å²) in [7, 11) is 0. The van der Waals surface area contributed by atoms with Crippen molar-refractivity contribution in [3.63, 3.8) is 0 Å². The number of nitrogens with zero attached hydrogens (tertiary/aromatic N) is 4. The van der Waals surface area contributed by atoms with E-state index in [-0.39, 0.29) is 56.0 Å². The summed E-state index contributed by atoms with van der Waals surface area (Å²) in [6.45, 7) is -0.689. The zero-order valence-electron chi connectivity index (χ0n) is 16.1. The molecule has 8 nitrogen and oxygen atoms in total. The standard InChI is InChI=1S/C19H12Cl3F3N4O4/c20-11-3-15(32-7-9(31)6-30)12(21)2-10(11)16-27-18(33-28-16)14-5-29-4-8(19(23,24)25)1-13(22)17(29)26-14/h1-5,9,30-31H,6-7H2/t9-/m1/s1. The second-order valence-electron chi connectivity index (χ2n) is 6.76. The van der Waals surface area contributed by atoms with Gasteiger partial charge in [-0.05, 0) is 12.1 Å². The molecule has 2 N–H and O–H groups in total. The number of halogens is 6. The number of hydrogen-bond donors (Lipinski definition) is 2. The lowest BCUT2D eigenvalue weighted by Gasteiger charge is -2.12. The van der Waals surface area contributed by atoms with Crippen LogP contribution in [0.3, 0.4) is 0 Å². The average Bonchev–Trinajstić information content (AvgIpc) is 3.40. The van der Waals surface area contributed by atoms with E-state index < -0.39 is 24.5 Å². The van der Waals surface area contributed by atoms with Crippen molar-refractivity contribution in [2.75, 3.05) is 13.2 Å². The topological polar surface area (TPSA) is 106 Å². The van der Waals surface area contributed by atoms with Gasteiger partial charge in [0.15, 0.2) is 5.65 Å². The van der Waals surface area contributed by atoms with Crippen LogP contribution in [-0.2, 0) is 6.18 Å². The number of pyridine rings is 1. The molecule has 4 aromatic rings. The Labute approximate surface area is 198 Å². The number of hydrogen-bond acceptors (Lipinski definition) is 7. The van der Waals surface area contributed by atoms with Crippen LogP contribution in [-0.4, -0.2) is 49.1 Å². The zero-order valence-corrected chi connectivity index (χ0v) is 18.4. The Morgan fingerprint density at radius 1 is 1.06 bits per heavy atom. The second-order valence-corrected chi connectivity index (χ2v) is 7.99. The largest absolute Gasteiger partial charge is 0.489 e. The van der Waals surface area contributed by atoms with Gasteiger partial charge in [0.1, 0.15) is 24.2 Å².